The molecule has 0 spiro atoms. The lowest BCUT2D eigenvalue weighted by molar-refractivity contribution is 0.102. The molecule has 0 bridgehead atoms. The molecule has 2 saturated heterocycles. The molecule has 2 heterocycles. The zero-order valence-corrected chi connectivity index (χ0v) is 9.95. The first-order chi connectivity index (χ1) is 8.79. The third-order valence-corrected chi connectivity index (χ3v) is 2.48. The average molecular weight is 252 g/mol. The minimum atomic E-state index is 0.0347. The summed E-state index contributed by atoms with van der Waals surface area (Å²) in [4.78, 5) is 10.1. The van der Waals surface area contributed by atoms with E-state index in [-0.39, 0.29) is 5.75 Å². The number of epoxide rings is 2. The van der Waals surface area contributed by atoms with Gasteiger partial charge in [-0.25, -0.2) is 0 Å². The van der Waals surface area contributed by atoms with Crippen molar-refractivity contribution in [1.82, 2.24) is 0 Å². The van der Waals surface area contributed by atoms with Crippen LogP contribution in [0.2, 0.25) is 0 Å². The van der Waals surface area contributed by atoms with E-state index in [9.17, 15) is 4.79 Å². The number of carbonyl (C=O) groups excluding carboxylic acids is 1. The largest absolute Gasteiger partial charge is 0.507 e. The second-order valence-electron chi connectivity index (χ2n) is 4.12. The van der Waals surface area contributed by atoms with Crippen LogP contribution in [0.25, 0.3) is 0 Å². The predicted octanol–water partition coefficient (Wildman–Crippen LogP) is 1.01. The number of phenols is 1. The Bertz CT molecular complexity index is 373. The molecule has 2 unspecified atom stereocenters. The summed E-state index contributed by atoms with van der Waals surface area (Å²) in [6.07, 6.45) is 1.41. The Kier molecular flexibility index (Phi) is 4.69. The van der Waals surface area contributed by atoms with Crippen molar-refractivity contribution >= 4 is 6.29 Å². The fourth-order valence-corrected chi connectivity index (χ4v) is 1.25. The van der Waals surface area contributed by atoms with Gasteiger partial charge in [-0.3, -0.25) is 4.79 Å². The number of para-hydroxylation sites is 1. The van der Waals surface area contributed by atoms with Crippen LogP contribution in [0.5, 0.6) is 5.75 Å². The molecule has 3 rings (SSSR count). The first-order valence-electron chi connectivity index (χ1n) is 5.83. The number of aldehydes is 1. The lowest BCUT2D eigenvalue weighted by Gasteiger charge is -1.95. The maximum absolute atomic E-state index is 10.1. The summed E-state index contributed by atoms with van der Waals surface area (Å²) < 4.78 is 15.1. The molecule has 2 aliphatic heterocycles. The van der Waals surface area contributed by atoms with Gasteiger partial charge in [-0.15, -0.1) is 0 Å². The van der Waals surface area contributed by atoms with E-state index >= 15 is 0 Å². The van der Waals surface area contributed by atoms with Crippen LogP contribution in [0.1, 0.15) is 10.4 Å². The van der Waals surface area contributed by atoms with Crippen LogP contribution in [-0.2, 0) is 14.2 Å². The maximum Gasteiger partial charge on any atom is 0.153 e. The van der Waals surface area contributed by atoms with Crippen LogP contribution in [0.15, 0.2) is 24.3 Å². The molecule has 5 nitrogen and oxygen atoms in total. The van der Waals surface area contributed by atoms with Crippen molar-refractivity contribution in [2.75, 3.05) is 26.4 Å². The van der Waals surface area contributed by atoms with Crippen LogP contribution >= 0.6 is 0 Å². The predicted molar refractivity (Wildman–Crippen MR) is 63.8 cm³/mol. The highest BCUT2D eigenvalue weighted by molar-refractivity contribution is 5.78. The molecule has 0 aliphatic carbocycles. The molecular weight excluding hydrogens is 236 g/mol. The minimum absolute atomic E-state index is 0.0347. The standard InChI is InChI=1S/C7H6O2.C6H10O3/c8-5-6-3-1-2-4-7(6)9;1(5-3-8-5)7-2-6-4-9-6/h1-5,9H;5-6H,1-4H2. The van der Waals surface area contributed by atoms with Gasteiger partial charge < -0.3 is 19.3 Å². The highest BCUT2D eigenvalue weighted by atomic mass is 16.6. The SMILES string of the molecule is C(OCC1CO1)C1CO1.O=Cc1ccccc1O. The summed E-state index contributed by atoms with van der Waals surface area (Å²) in [5, 5.41) is 8.88. The van der Waals surface area contributed by atoms with Crippen LogP contribution in [0.3, 0.4) is 0 Å². The zero-order chi connectivity index (χ0) is 12.8. The van der Waals surface area contributed by atoms with Gasteiger partial charge in [-0.2, -0.15) is 0 Å². The molecule has 5 heteroatoms. The first-order valence-corrected chi connectivity index (χ1v) is 5.83. The highest BCUT2D eigenvalue weighted by Crippen LogP contribution is 2.12. The summed E-state index contributed by atoms with van der Waals surface area (Å²) in [5.41, 5.74) is 0.331. The van der Waals surface area contributed by atoms with E-state index in [0.29, 0.717) is 24.1 Å². The molecule has 98 valence electrons. The topological polar surface area (TPSA) is 71.6 Å². The van der Waals surface area contributed by atoms with Gasteiger partial charge in [0, 0.05) is 0 Å². The van der Waals surface area contributed by atoms with Crippen molar-refractivity contribution in [2.24, 2.45) is 0 Å². The van der Waals surface area contributed by atoms with E-state index in [0.717, 1.165) is 26.4 Å². The van der Waals surface area contributed by atoms with Gasteiger partial charge in [0.15, 0.2) is 6.29 Å². The van der Waals surface area contributed by atoms with E-state index in [4.69, 9.17) is 19.3 Å². The van der Waals surface area contributed by atoms with E-state index in [1.807, 2.05) is 0 Å². The number of carbonyl (C=O) groups is 1. The van der Waals surface area contributed by atoms with Crippen molar-refractivity contribution in [3.63, 3.8) is 0 Å². The molecule has 0 aromatic heterocycles. The number of ether oxygens (including phenoxy) is 3. The lowest BCUT2D eigenvalue weighted by atomic mass is 10.2. The van der Waals surface area contributed by atoms with Gasteiger partial charge in [0.05, 0.1) is 32.0 Å². The second kappa shape index (κ2) is 6.49. The minimum Gasteiger partial charge on any atom is -0.507 e. The van der Waals surface area contributed by atoms with Gasteiger partial charge >= 0.3 is 0 Å². The molecule has 1 aromatic rings. The average Bonchev–Trinajstić information content (AvgIpc) is 3.25. The molecule has 1 N–H and O–H groups in total. The van der Waals surface area contributed by atoms with Crippen molar-refractivity contribution in [3.05, 3.63) is 29.8 Å². The summed E-state index contributed by atoms with van der Waals surface area (Å²) in [6, 6.07) is 6.40. The molecule has 0 amide bonds. The third-order valence-electron chi connectivity index (χ3n) is 2.48. The molecule has 0 radical (unpaired) electrons. The van der Waals surface area contributed by atoms with Crippen LogP contribution in [0, 0.1) is 0 Å². The smallest absolute Gasteiger partial charge is 0.153 e. The Balaban J connectivity index is 0.000000134. The first kappa shape index (κ1) is 13.0. The van der Waals surface area contributed by atoms with Gasteiger partial charge in [0.25, 0.3) is 0 Å². The summed E-state index contributed by atoms with van der Waals surface area (Å²) in [5.74, 6) is 0.0347. The summed E-state index contributed by atoms with van der Waals surface area (Å²) in [7, 11) is 0. The highest BCUT2D eigenvalue weighted by Gasteiger charge is 2.26. The number of benzene rings is 1. The number of aromatic hydroxyl groups is 1. The van der Waals surface area contributed by atoms with E-state index < -0.39 is 0 Å². The molecule has 1 aromatic carbocycles. The maximum atomic E-state index is 10.1. The van der Waals surface area contributed by atoms with Gasteiger partial charge in [-0.1, -0.05) is 12.1 Å². The van der Waals surface area contributed by atoms with Crippen molar-refractivity contribution in [1.29, 1.82) is 0 Å². The Hall–Kier alpha value is -1.43. The monoisotopic (exact) mass is 252 g/mol. The summed E-state index contributed by atoms with van der Waals surface area (Å²) in [6.45, 7) is 3.26. The van der Waals surface area contributed by atoms with E-state index in [2.05, 4.69) is 0 Å². The Morgan fingerprint density at radius 2 is 1.78 bits per heavy atom. The Labute approximate surface area is 105 Å². The van der Waals surface area contributed by atoms with Crippen LogP contribution < -0.4 is 0 Å². The zero-order valence-electron chi connectivity index (χ0n) is 9.95. The number of phenolic OH excluding ortho intramolecular Hbond substituents is 1. The second-order valence-corrected chi connectivity index (χ2v) is 4.12. The van der Waals surface area contributed by atoms with Gasteiger partial charge in [0.1, 0.15) is 18.0 Å². The van der Waals surface area contributed by atoms with E-state index in [1.54, 1.807) is 18.2 Å². The van der Waals surface area contributed by atoms with Gasteiger partial charge in [0.2, 0.25) is 0 Å². The van der Waals surface area contributed by atoms with Crippen molar-refractivity contribution < 1.29 is 24.1 Å². The Morgan fingerprint density at radius 3 is 2.17 bits per heavy atom. The molecular formula is C13H16O5. The molecule has 2 atom stereocenters. The van der Waals surface area contributed by atoms with Crippen molar-refractivity contribution in [3.8, 4) is 5.75 Å². The van der Waals surface area contributed by atoms with Crippen LogP contribution in [-0.4, -0.2) is 50.0 Å². The van der Waals surface area contributed by atoms with Crippen LogP contribution in [0.4, 0.5) is 0 Å². The Morgan fingerprint density at radius 1 is 1.22 bits per heavy atom. The fourth-order valence-electron chi connectivity index (χ4n) is 1.25. The quantitative estimate of drug-likeness (QED) is 0.625. The molecule has 18 heavy (non-hydrogen) atoms. The van der Waals surface area contributed by atoms with Gasteiger partial charge in [-0.05, 0) is 12.1 Å². The van der Waals surface area contributed by atoms with E-state index in [1.165, 1.54) is 6.07 Å². The summed E-state index contributed by atoms with van der Waals surface area (Å²) >= 11 is 0. The van der Waals surface area contributed by atoms with Crippen molar-refractivity contribution in [2.45, 2.75) is 12.2 Å². The normalized spacial score (nSPS) is 23.8. The number of hydrogen-bond donors (Lipinski definition) is 1. The molecule has 2 aliphatic rings. The lowest BCUT2D eigenvalue weighted by Crippen LogP contribution is -2.06. The molecule has 0 saturated carbocycles. The number of hydrogen-bond acceptors (Lipinski definition) is 5. The molecule has 2 fully saturated rings. The number of rotatable bonds is 5. The fraction of sp³-hybridized carbons (Fsp3) is 0.462. The third kappa shape index (κ3) is 4.83.